The van der Waals surface area contributed by atoms with Crippen LogP contribution in [0.25, 0.3) is 10.2 Å². The lowest BCUT2D eigenvalue weighted by molar-refractivity contribution is 0.596. The summed E-state index contributed by atoms with van der Waals surface area (Å²) in [4.78, 5) is 4.27. The van der Waals surface area contributed by atoms with Crippen LogP contribution in [0.5, 0.6) is 0 Å². The Balaban J connectivity index is 2.55. The molecule has 0 saturated carbocycles. The van der Waals surface area contributed by atoms with Crippen molar-refractivity contribution in [3.05, 3.63) is 17.6 Å². The summed E-state index contributed by atoms with van der Waals surface area (Å²) in [6.07, 6.45) is 5.20. The fourth-order valence-electron chi connectivity index (χ4n) is 1.47. The van der Waals surface area contributed by atoms with E-state index in [0.717, 1.165) is 21.2 Å². The largest absolute Gasteiger partial charge is 0.375 e. The number of nitrogens with one attached hydrogen (secondary N) is 1. The Hall–Kier alpha value is -1.43. The summed E-state index contributed by atoms with van der Waals surface area (Å²) in [6.45, 7) is 2.17. The third-order valence-corrected chi connectivity index (χ3v) is 4.25. The van der Waals surface area contributed by atoms with Crippen LogP contribution in [0.3, 0.4) is 0 Å². The summed E-state index contributed by atoms with van der Waals surface area (Å²) in [7, 11) is -1.34. The highest BCUT2D eigenvalue weighted by molar-refractivity contribution is 7.54. The molecule has 0 fully saturated rings. The van der Waals surface area contributed by atoms with Crippen LogP contribution in [0, 0.1) is 12.3 Å². The van der Waals surface area contributed by atoms with Gasteiger partial charge in [0.1, 0.15) is 16.9 Å². The van der Waals surface area contributed by atoms with Gasteiger partial charge in [-0.2, -0.15) is 0 Å². The van der Waals surface area contributed by atoms with E-state index in [4.69, 9.17) is 6.42 Å². The monoisotopic (exact) mass is 249 g/mol. The molecule has 1 aromatic carbocycles. The molecular weight excluding hydrogens is 239 g/mol. The second-order valence-electron chi connectivity index (χ2n) is 3.22. The van der Waals surface area contributed by atoms with Crippen molar-refractivity contribution >= 4 is 40.3 Å². The predicted octanol–water partition coefficient (Wildman–Crippen LogP) is 2.42. The number of hydrogen-bond donors (Lipinski definition) is 1. The molecule has 80 valence electrons. The molecule has 5 heteroatoms. The van der Waals surface area contributed by atoms with Crippen LogP contribution < -0.4 is 10.6 Å². The van der Waals surface area contributed by atoms with Gasteiger partial charge in [0.25, 0.3) is 0 Å². The lowest BCUT2D eigenvalue weighted by Crippen LogP contribution is -2.02. The van der Waals surface area contributed by atoms with Crippen molar-refractivity contribution in [2.75, 3.05) is 18.5 Å². The maximum atomic E-state index is 11.6. The Morgan fingerprint density at radius 1 is 1.62 bits per heavy atom. The SMILES string of the molecule is C#CCNc1ccc([P+](C)=O)c2scnc12. The number of nitrogens with zero attached hydrogens (tertiary/aromatic N) is 1. The fourth-order valence-corrected chi connectivity index (χ4v) is 3.42. The number of thiazole rings is 1. The van der Waals surface area contributed by atoms with Crippen molar-refractivity contribution in [2.45, 2.75) is 0 Å². The van der Waals surface area contributed by atoms with Crippen molar-refractivity contribution in [1.29, 1.82) is 0 Å². The smallest absolute Gasteiger partial charge is 0.372 e. The number of fused-ring (bicyclic) bond motifs is 1. The maximum absolute atomic E-state index is 11.6. The highest BCUT2D eigenvalue weighted by Crippen LogP contribution is 2.29. The standard InChI is InChI=1S/C11H10N2OPS/c1-3-6-12-8-4-5-9(15(2)14)11-10(8)13-7-16-11/h1,4-5,7,12H,6H2,2H3/q+1. The summed E-state index contributed by atoms with van der Waals surface area (Å²) in [5, 5.41) is 3.96. The molecule has 3 nitrogen and oxygen atoms in total. The van der Waals surface area contributed by atoms with Crippen molar-refractivity contribution in [3.63, 3.8) is 0 Å². The number of anilines is 1. The molecule has 2 aromatic rings. The highest BCUT2D eigenvalue weighted by atomic mass is 32.1. The minimum Gasteiger partial charge on any atom is -0.372 e. The first-order valence-electron chi connectivity index (χ1n) is 4.68. The van der Waals surface area contributed by atoms with E-state index in [1.165, 1.54) is 11.3 Å². The van der Waals surface area contributed by atoms with Crippen LogP contribution in [0.4, 0.5) is 5.69 Å². The van der Waals surface area contributed by atoms with Gasteiger partial charge < -0.3 is 5.32 Å². The number of rotatable bonds is 3. The number of terminal acetylenes is 1. The van der Waals surface area contributed by atoms with Crippen LogP contribution in [-0.2, 0) is 4.57 Å². The highest BCUT2D eigenvalue weighted by Gasteiger charge is 2.19. The van der Waals surface area contributed by atoms with Crippen molar-refractivity contribution in [2.24, 2.45) is 0 Å². The van der Waals surface area contributed by atoms with Gasteiger partial charge in [-0.05, 0) is 12.1 Å². The van der Waals surface area contributed by atoms with E-state index in [9.17, 15) is 4.57 Å². The second kappa shape index (κ2) is 4.61. The van der Waals surface area contributed by atoms with E-state index in [1.807, 2.05) is 12.1 Å². The molecule has 0 aliphatic heterocycles. The second-order valence-corrected chi connectivity index (χ2v) is 5.55. The minimum absolute atomic E-state index is 0.463. The summed E-state index contributed by atoms with van der Waals surface area (Å²) < 4.78 is 12.5. The molecule has 1 aromatic heterocycles. The van der Waals surface area contributed by atoms with Crippen LogP contribution >= 0.6 is 19.1 Å². The number of benzene rings is 1. The van der Waals surface area contributed by atoms with E-state index in [2.05, 4.69) is 16.2 Å². The topological polar surface area (TPSA) is 42.0 Å². The van der Waals surface area contributed by atoms with Crippen molar-refractivity contribution in [3.8, 4) is 12.3 Å². The van der Waals surface area contributed by atoms with Gasteiger partial charge in [-0.15, -0.1) is 17.8 Å². The first-order chi connectivity index (χ1) is 7.74. The van der Waals surface area contributed by atoms with Gasteiger partial charge in [-0.1, -0.05) is 10.5 Å². The van der Waals surface area contributed by atoms with Gasteiger partial charge in [0.15, 0.2) is 0 Å². The van der Waals surface area contributed by atoms with Gasteiger partial charge in [0, 0.05) is 0 Å². The van der Waals surface area contributed by atoms with E-state index >= 15 is 0 Å². The van der Waals surface area contributed by atoms with Crippen LogP contribution in [0.15, 0.2) is 17.6 Å². The Labute approximate surface area is 98.7 Å². The average molecular weight is 249 g/mol. The first kappa shape index (κ1) is 11.1. The minimum atomic E-state index is -1.34. The van der Waals surface area contributed by atoms with Crippen molar-refractivity contribution in [1.82, 2.24) is 4.98 Å². The zero-order chi connectivity index (χ0) is 11.5. The Morgan fingerprint density at radius 3 is 3.12 bits per heavy atom. The van der Waals surface area contributed by atoms with E-state index < -0.39 is 7.80 Å². The van der Waals surface area contributed by atoms with Gasteiger partial charge in [0.05, 0.1) is 17.7 Å². The quantitative estimate of drug-likeness (QED) is 0.671. The predicted molar refractivity (Wildman–Crippen MR) is 70.1 cm³/mol. The summed E-state index contributed by atoms with van der Waals surface area (Å²) in [5.74, 6) is 2.52. The zero-order valence-corrected chi connectivity index (χ0v) is 10.4. The van der Waals surface area contributed by atoms with E-state index in [1.54, 1.807) is 12.2 Å². The Morgan fingerprint density at radius 2 is 2.44 bits per heavy atom. The van der Waals surface area contributed by atoms with Crippen LogP contribution in [-0.4, -0.2) is 18.2 Å². The molecule has 0 bridgehead atoms. The Kier molecular flexibility index (Phi) is 3.19. The molecule has 0 aliphatic carbocycles. The number of hydrogen-bond acceptors (Lipinski definition) is 4. The molecule has 16 heavy (non-hydrogen) atoms. The fraction of sp³-hybridized carbons (Fsp3) is 0.182. The average Bonchev–Trinajstić information content (AvgIpc) is 2.74. The van der Waals surface area contributed by atoms with Crippen molar-refractivity contribution < 1.29 is 4.57 Å². The van der Waals surface area contributed by atoms with Gasteiger partial charge in [-0.3, -0.25) is 0 Å². The van der Waals surface area contributed by atoms with Gasteiger partial charge >= 0.3 is 7.80 Å². The molecule has 1 atom stereocenters. The summed E-state index contributed by atoms with van der Waals surface area (Å²) in [5.41, 5.74) is 3.51. The summed E-state index contributed by atoms with van der Waals surface area (Å²) in [6, 6.07) is 3.75. The summed E-state index contributed by atoms with van der Waals surface area (Å²) >= 11 is 1.50. The molecule has 1 heterocycles. The molecule has 1 unspecified atom stereocenters. The molecule has 0 saturated heterocycles. The third-order valence-electron chi connectivity index (χ3n) is 2.18. The number of aromatic nitrogens is 1. The lowest BCUT2D eigenvalue weighted by atomic mass is 10.3. The van der Waals surface area contributed by atoms with Crippen LogP contribution in [0.1, 0.15) is 0 Å². The van der Waals surface area contributed by atoms with Crippen LogP contribution in [0.2, 0.25) is 0 Å². The molecule has 0 aliphatic rings. The van der Waals surface area contributed by atoms with E-state index in [0.29, 0.717) is 6.54 Å². The Bertz CT molecular complexity index is 585. The molecule has 1 N–H and O–H groups in total. The van der Waals surface area contributed by atoms with E-state index in [-0.39, 0.29) is 0 Å². The van der Waals surface area contributed by atoms with Gasteiger partial charge in [-0.25, -0.2) is 4.98 Å². The third kappa shape index (κ3) is 1.92. The molecule has 0 amide bonds. The molecule has 2 rings (SSSR count). The van der Waals surface area contributed by atoms with Gasteiger partial charge in [0.2, 0.25) is 5.30 Å². The lowest BCUT2D eigenvalue weighted by Gasteiger charge is -2.02. The molecule has 0 spiro atoms. The normalized spacial score (nSPS) is 11.1. The maximum Gasteiger partial charge on any atom is 0.375 e. The molecular formula is C11H10N2OPS+. The first-order valence-corrected chi connectivity index (χ1v) is 7.27. The molecule has 0 radical (unpaired) electrons. The zero-order valence-electron chi connectivity index (χ0n) is 8.73.